The third-order valence-corrected chi connectivity index (χ3v) is 3.18. The van der Waals surface area contributed by atoms with E-state index in [1.165, 1.54) is 0 Å². The molecule has 0 heterocycles. The van der Waals surface area contributed by atoms with Crippen molar-refractivity contribution >= 4 is 0 Å². The topological polar surface area (TPSA) is 35.2 Å². The molecule has 0 fully saturated rings. The highest BCUT2D eigenvalue weighted by Gasteiger charge is 2.16. The van der Waals surface area contributed by atoms with E-state index in [1.54, 1.807) is 25.1 Å². The van der Waals surface area contributed by atoms with Crippen LogP contribution in [0.3, 0.4) is 0 Å². The zero-order valence-corrected chi connectivity index (χ0v) is 11.2. The molecule has 1 atom stereocenters. The minimum Gasteiger partial charge on any atom is -0.481 e. The second kappa shape index (κ2) is 5.85. The van der Waals surface area contributed by atoms with E-state index in [-0.39, 0.29) is 17.7 Å². The molecule has 100 valence electrons. The minimum absolute atomic E-state index is 0.249. The van der Waals surface area contributed by atoms with Crippen molar-refractivity contribution in [3.63, 3.8) is 0 Å². The molecule has 2 nitrogen and oxygen atoms in total. The van der Waals surface area contributed by atoms with Gasteiger partial charge in [-0.1, -0.05) is 36.4 Å². The number of aryl methyl sites for hydroxylation is 2. The van der Waals surface area contributed by atoms with Crippen LogP contribution in [0.15, 0.2) is 42.5 Å². The van der Waals surface area contributed by atoms with Crippen LogP contribution in [0.25, 0.3) is 0 Å². The molecule has 2 aromatic rings. The first-order valence-electron chi connectivity index (χ1n) is 6.31. The molecule has 0 aromatic heterocycles. The minimum atomic E-state index is -0.336. The Kier molecular flexibility index (Phi) is 4.17. The molecule has 0 bridgehead atoms. The van der Waals surface area contributed by atoms with Gasteiger partial charge in [0.2, 0.25) is 0 Å². The third kappa shape index (κ3) is 2.93. The number of nitrogens with two attached hydrogens (primary N) is 1. The normalized spacial score (nSPS) is 12.2. The average molecular weight is 259 g/mol. The molecular formula is C16H18FNO. The van der Waals surface area contributed by atoms with Gasteiger partial charge in [-0.3, -0.25) is 0 Å². The highest BCUT2D eigenvalue weighted by atomic mass is 19.1. The van der Waals surface area contributed by atoms with E-state index in [9.17, 15) is 4.39 Å². The van der Waals surface area contributed by atoms with Crippen molar-refractivity contribution in [2.45, 2.75) is 20.0 Å². The van der Waals surface area contributed by atoms with E-state index in [0.29, 0.717) is 12.1 Å². The van der Waals surface area contributed by atoms with Gasteiger partial charge < -0.3 is 10.5 Å². The van der Waals surface area contributed by atoms with Crippen molar-refractivity contribution in [3.8, 4) is 5.75 Å². The molecule has 0 spiro atoms. The molecule has 0 amide bonds. The monoisotopic (exact) mass is 259 g/mol. The summed E-state index contributed by atoms with van der Waals surface area (Å²) in [5, 5.41) is 0. The van der Waals surface area contributed by atoms with Gasteiger partial charge in [-0.15, -0.1) is 0 Å². The van der Waals surface area contributed by atoms with Gasteiger partial charge in [-0.2, -0.15) is 0 Å². The maximum Gasteiger partial charge on any atom is 0.167 e. The van der Waals surface area contributed by atoms with Crippen LogP contribution < -0.4 is 10.5 Å². The van der Waals surface area contributed by atoms with Crippen LogP contribution in [-0.2, 0) is 0 Å². The van der Waals surface area contributed by atoms with Crippen molar-refractivity contribution in [1.29, 1.82) is 0 Å². The summed E-state index contributed by atoms with van der Waals surface area (Å²) in [4.78, 5) is 0. The molecule has 0 aliphatic carbocycles. The molecule has 2 N–H and O–H groups in total. The van der Waals surface area contributed by atoms with Crippen molar-refractivity contribution < 1.29 is 9.13 Å². The molecule has 0 saturated carbocycles. The fourth-order valence-electron chi connectivity index (χ4n) is 2.05. The SMILES string of the molecule is Cc1ccccc1C(CN)Oc1cccc(C)c1F. The molecule has 3 heteroatoms. The smallest absolute Gasteiger partial charge is 0.167 e. The van der Waals surface area contributed by atoms with Crippen LogP contribution in [0.5, 0.6) is 5.75 Å². The van der Waals surface area contributed by atoms with Crippen molar-refractivity contribution in [2.24, 2.45) is 5.73 Å². The summed E-state index contributed by atoms with van der Waals surface area (Å²) in [6.45, 7) is 4.01. The Hall–Kier alpha value is -1.87. The lowest BCUT2D eigenvalue weighted by Gasteiger charge is -2.20. The van der Waals surface area contributed by atoms with Gasteiger partial charge in [-0.25, -0.2) is 4.39 Å². The molecular weight excluding hydrogens is 241 g/mol. The van der Waals surface area contributed by atoms with Gasteiger partial charge in [0.25, 0.3) is 0 Å². The van der Waals surface area contributed by atoms with E-state index in [0.717, 1.165) is 11.1 Å². The van der Waals surface area contributed by atoms with Crippen molar-refractivity contribution in [3.05, 3.63) is 65.0 Å². The van der Waals surface area contributed by atoms with Crippen LogP contribution >= 0.6 is 0 Å². The quantitative estimate of drug-likeness (QED) is 0.911. The molecule has 2 rings (SSSR count). The number of ether oxygens (including phenoxy) is 1. The second-order valence-electron chi connectivity index (χ2n) is 4.59. The molecule has 0 aliphatic rings. The first-order valence-corrected chi connectivity index (χ1v) is 6.31. The molecule has 0 radical (unpaired) electrons. The zero-order valence-electron chi connectivity index (χ0n) is 11.2. The van der Waals surface area contributed by atoms with Crippen LogP contribution in [0.1, 0.15) is 22.8 Å². The van der Waals surface area contributed by atoms with Gasteiger partial charge in [0, 0.05) is 6.54 Å². The number of benzene rings is 2. The summed E-state index contributed by atoms with van der Waals surface area (Å²) in [6, 6.07) is 13.0. The average Bonchev–Trinajstić information content (AvgIpc) is 2.41. The summed E-state index contributed by atoms with van der Waals surface area (Å²) in [7, 11) is 0. The molecule has 2 aromatic carbocycles. The Balaban J connectivity index is 2.30. The lowest BCUT2D eigenvalue weighted by atomic mass is 10.0. The standard InChI is InChI=1S/C16H18FNO/c1-11-6-3-4-8-13(11)15(10-18)19-14-9-5-7-12(2)16(14)17/h3-9,15H,10,18H2,1-2H3. The Morgan fingerprint density at radius 1 is 1.05 bits per heavy atom. The fraction of sp³-hybridized carbons (Fsp3) is 0.250. The largest absolute Gasteiger partial charge is 0.481 e. The van der Waals surface area contributed by atoms with Crippen molar-refractivity contribution in [1.82, 2.24) is 0 Å². The summed E-state index contributed by atoms with van der Waals surface area (Å²) < 4.78 is 19.7. The first kappa shape index (κ1) is 13.6. The third-order valence-electron chi connectivity index (χ3n) is 3.18. The number of halogens is 1. The number of hydrogen-bond acceptors (Lipinski definition) is 2. The van der Waals surface area contributed by atoms with E-state index >= 15 is 0 Å². The Bertz CT molecular complexity index is 568. The predicted octanol–water partition coefficient (Wildman–Crippen LogP) is 3.52. The summed E-state index contributed by atoms with van der Waals surface area (Å²) in [5.74, 6) is -0.0757. The summed E-state index contributed by atoms with van der Waals surface area (Å²) in [6.07, 6.45) is -0.336. The van der Waals surface area contributed by atoms with Crippen LogP contribution in [0, 0.1) is 19.7 Å². The Morgan fingerprint density at radius 3 is 2.42 bits per heavy atom. The Morgan fingerprint density at radius 2 is 1.74 bits per heavy atom. The van der Waals surface area contributed by atoms with Gasteiger partial charge in [0.15, 0.2) is 11.6 Å². The van der Waals surface area contributed by atoms with E-state index < -0.39 is 0 Å². The first-order chi connectivity index (χ1) is 9.13. The molecule has 19 heavy (non-hydrogen) atoms. The zero-order chi connectivity index (χ0) is 13.8. The lowest BCUT2D eigenvalue weighted by molar-refractivity contribution is 0.203. The summed E-state index contributed by atoms with van der Waals surface area (Å²) >= 11 is 0. The predicted molar refractivity (Wildman–Crippen MR) is 74.7 cm³/mol. The van der Waals surface area contributed by atoms with Crippen molar-refractivity contribution in [2.75, 3.05) is 6.54 Å². The van der Waals surface area contributed by atoms with Gasteiger partial charge in [-0.05, 0) is 36.6 Å². The Labute approximate surface area is 113 Å². The molecule has 0 aliphatic heterocycles. The summed E-state index contributed by atoms with van der Waals surface area (Å²) in [5.41, 5.74) is 8.41. The highest BCUT2D eigenvalue weighted by Crippen LogP contribution is 2.27. The van der Waals surface area contributed by atoms with Crippen LogP contribution in [0.2, 0.25) is 0 Å². The molecule has 0 saturated heterocycles. The van der Waals surface area contributed by atoms with Crippen LogP contribution in [-0.4, -0.2) is 6.54 Å². The van der Waals surface area contributed by atoms with Gasteiger partial charge >= 0.3 is 0 Å². The van der Waals surface area contributed by atoms with E-state index in [4.69, 9.17) is 10.5 Å². The van der Waals surface area contributed by atoms with Gasteiger partial charge in [0.05, 0.1) is 0 Å². The second-order valence-corrected chi connectivity index (χ2v) is 4.59. The highest BCUT2D eigenvalue weighted by molar-refractivity contribution is 5.33. The van der Waals surface area contributed by atoms with E-state index in [1.807, 2.05) is 31.2 Å². The van der Waals surface area contributed by atoms with E-state index in [2.05, 4.69) is 0 Å². The maximum atomic E-state index is 13.9. The van der Waals surface area contributed by atoms with Gasteiger partial charge in [0.1, 0.15) is 6.10 Å². The lowest BCUT2D eigenvalue weighted by Crippen LogP contribution is -2.20. The number of hydrogen-bond donors (Lipinski definition) is 1. The van der Waals surface area contributed by atoms with Crippen LogP contribution in [0.4, 0.5) is 4.39 Å². The molecule has 1 unspecified atom stereocenters. The maximum absolute atomic E-state index is 13.9. The fourth-order valence-corrected chi connectivity index (χ4v) is 2.05. The number of rotatable bonds is 4.